The van der Waals surface area contributed by atoms with Gasteiger partial charge < -0.3 is 25.2 Å². The van der Waals surface area contributed by atoms with E-state index in [0.717, 1.165) is 35.1 Å². The number of fused-ring (bicyclic) bond motifs is 3. The summed E-state index contributed by atoms with van der Waals surface area (Å²) in [6.45, 7) is 2.15. The number of hydrogen-bond acceptors (Lipinski definition) is 5. The van der Waals surface area contributed by atoms with Crippen molar-refractivity contribution in [2.45, 2.75) is 50.2 Å². The van der Waals surface area contributed by atoms with Crippen LogP contribution in [0.15, 0.2) is 48.5 Å². The first-order chi connectivity index (χ1) is 16.8. The van der Waals surface area contributed by atoms with Crippen LogP contribution in [0.25, 0.3) is 11.1 Å². The average Bonchev–Trinajstić information content (AvgIpc) is 3.64. The third kappa shape index (κ3) is 5.82. The lowest BCUT2D eigenvalue weighted by Crippen LogP contribution is -2.51. The molecule has 0 radical (unpaired) electrons. The molecule has 0 aliphatic heterocycles. The van der Waals surface area contributed by atoms with Crippen molar-refractivity contribution in [3.8, 4) is 11.1 Å². The predicted octanol–water partition coefficient (Wildman–Crippen LogP) is 3.69. The van der Waals surface area contributed by atoms with E-state index in [2.05, 4.69) is 34.9 Å². The molecule has 1 saturated carbocycles. The molecule has 35 heavy (non-hydrogen) atoms. The lowest BCUT2D eigenvalue weighted by molar-refractivity contribution is -0.140. The number of methoxy groups -OCH3 is 1. The Morgan fingerprint density at radius 2 is 1.66 bits per heavy atom. The summed E-state index contributed by atoms with van der Waals surface area (Å²) in [6, 6.07) is 16.3. The van der Waals surface area contributed by atoms with E-state index in [1.54, 1.807) is 0 Å². The molecule has 2 atom stereocenters. The number of benzene rings is 2. The second kappa shape index (κ2) is 10.5. The van der Waals surface area contributed by atoms with E-state index in [1.807, 2.05) is 31.2 Å². The summed E-state index contributed by atoms with van der Waals surface area (Å²) in [6.07, 6.45) is 0.564. The van der Waals surface area contributed by atoms with E-state index in [9.17, 15) is 14.4 Å². The minimum Gasteiger partial charge on any atom is -0.481 e. The Morgan fingerprint density at radius 3 is 2.20 bits per heavy atom. The highest BCUT2D eigenvalue weighted by Crippen LogP contribution is 2.45. The van der Waals surface area contributed by atoms with E-state index < -0.39 is 23.7 Å². The van der Waals surface area contributed by atoms with Crippen LogP contribution >= 0.6 is 0 Å². The Labute approximate surface area is 205 Å². The van der Waals surface area contributed by atoms with Gasteiger partial charge in [0.15, 0.2) is 0 Å². The normalized spacial score (nSPS) is 17.0. The molecule has 8 nitrogen and oxygen atoms in total. The van der Waals surface area contributed by atoms with Crippen LogP contribution in [-0.2, 0) is 19.1 Å². The number of rotatable bonds is 11. The number of carboxylic acids is 1. The van der Waals surface area contributed by atoms with Gasteiger partial charge >= 0.3 is 12.1 Å². The van der Waals surface area contributed by atoms with Gasteiger partial charge in [-0.3, -0.25) is 9.59 Å². The first-order valence-electron chi connectivity index (χ1n) is 11.9. The summed E-state index contributed by atoms with van der Waals surface area (Å²) in [5.74, 6) is -1.12. The Hall–Kier alpha value is -3.39. The van der Waals surface area contributed by atoms with Crippen molar-refractivity contribution in [1.82, 2.24) is 10.6 Å². The smallest absolute Gasteiger partial charge is 0.407 e. The third-order valence-corrected chi connectivity index (χ3v) is 7.00. The number of nitrogens with one attached hydrogen (secondary N) is 2. The van der Waals surface area contributed by atoms with Crippen LogP contribution in [0.5, 0.6) is 0 Å². The number of hydrogen-bond donors (Lipinski definition) is 3. The third-order valence-electron chi connectivity index (χ3n) is 7.00. The summed E-state index contributed by atoms with van der Waals surface area (Å²) in [5.41, 5.74) is 3.85. The zero-order valence-electron chi connectivity index (χ0n) is 20.1. The van der Waals surface area contributed by atoms with Gasteiger partial charge in [-0.05, 0) is 47.9 Å². The second-order valence-electron chi connectivity index (χ2n) is 9.58. The van der Waals surface area contributed by atoms with Gasteiger partial charge in [-0.15, -0.1) is 0 Å². The molecule has 2 aromatic carbocycles. The van der Waals surface area contributed by atoms with Crippen LogP contribution in [0, 0.1) is 5.92 Å². The van der Waals surface area contributed by atoms with Gasteiger partial charge in [0.1, 0.15) is 6.61 Å². The Kier molecular flexibility index (Phi) is 7.40. The number of carbonyl (C=O) groups is 3. The molecule has 2 aliphatic carbocycles. The maximum atomic E-state index is 12.8. The largest absolute Gasteiger partial charge is 0.481 e. The van der Waals surface area contributed by atoms with E-state index in [1.165, 1.54) is 7.11 Å². The molecule has 3 N–H and O–H groups in total. The first kappa shape index (κ1) is 24.7. The fourth-order valence-corrected chi connectivity index (χ4v) is 4.94. The molecule has 2 unspecified atom stereocenters. The molecule has 1 fully saturated rings. The maximum absolute atomic E-state index is 12.8. The molecule has 2 aliphatic rings. The van der Waals surface area contributed by atoms with Crippen LogP contribution in [0.3, 0.4) is 0 Å². The molecule has 0 spiro atoms. The van der Waals surface area contributed by atoms with Crippen molar-refractivity contribution in [3.63, 3.8) is 0 Å². The zero-order valence-corrected chi connectivity index (χ0v) is 20.1. The standard InChI is InChI=1S/C27H32N2O6/c1-27(17-11-12-17,14-24(30)28-15-18(34-2)13-25(31)32)29-26(33)35-16-23-21-9-5-3-7-19(21)20-8-4-6-10-22(20)23/h3-10,17-18,23H,11-16H2,1-2H3,(H,28,30)(H,29,33)(H,31,32). The summed E-state index contributed by atoms with van der Waals surface area (Å²) >= 11 is 0. The predicted molar refractivity (Wildman–Crippen MR) is 130 cm³/mol. The minimum atomic E-state index is -0.995. The van der Waals surface area contributed by atoms with Crippen LogP contribution in [-0.4, -0.2) is 55.0 Å². The Balaban J connectivity index is 1.35. The summed E-state index contributed by atoms with van der Waals surface area (Å²) in [5, 5.41) is 14.6. The second-order valence-corrected chi connectivity index (χ2v) is 9.58. The molecule has 4 rings (SSSR count). The van der Waals surface area contributed by atoms with Gasteiger partial charge in [-0.25, -0.2) is 4.79 Å². The fourth-order valence-electron chi connectivity index (χ4n) is 4.94. The van der Waals surface area contributed by atoms with Crippen LogP contribution in [0.1, 0.15) is 49.7 Å². The lowest BCUT2D eigenvalue weighted by Gasteiger charge is -2.30. The molecule has 186 valence electrons. The number of amides is 2. The molecule has 0 saturated heterocycles. The van der Waals surface area contributed by atoms with Crippen molar-refractivity contribution in [2.75, 3.05) is 20.3 Å². The highest BCUT2D eigenvalue weighted by atomic mass is 16.5. The SMILES string of the molecule is COC(CNC(=O)CC(C)(NC(=O)OCC1c2ccccc2-c2ccccc21)C1CC1)CC(=O)O. The molecule has 0 aromatic heterocycles. The monoisotopic (exact) mass is 480 g/mol. The number of ether oxygens (including phenoxy) is 2. The van der Waals surface area contributed by atoms with Gasteiger partial charge in [0, 0.05) is 26.0 Å². The van der Waals surface area contributed by atoms with Crippen molar-refractivity contribution in [3.05, 3.63) is 59.7 Å². The topological polar surface area (TPSA) is 114 Å². The van der Waals surface area contributed by atoms with Gasteiger partial charge in [0.2, 0.25) is 5.91 Å². The van der Waals surface area contributed by atoms with E-state index in [0.29, 0.717) is 0 Å². The van der Waals surface area contributed by atoms with E-state index in [-0.39, 0.29) is 43.7 Å². The van der Waals surface area contributed by atoms with E-state index >= 15 is 0 Å². The lowest BCUT2D eigenvalue weighted by atomic mass is 9.91. The number of alkyl carbamates (subject to hydrolysis) is 1. The van der Waals surface area contributed by atoms with Crippen molar-refractivity contribution < 1.29 is 29.0 Å². The van der Waals surface area contributed by atoms with Gasteiger partial charge in [-0.1, -0.05) is 48.5 Å². The van der Waals surface area contributed by atoms with Gasteiger partial charge in [0.05, 0.1) is 18.1 Å². The molecule has 2 amide bonds. The summed E-state index contributed by atoms with van der Waals surface area (Å²) in [7, 11) is 1.41. The summed E-state index contributed by atoms with van der Waals surface area (Å²) < 4.78 is 10.8. The van der Waals surface area contributed by atoms with Crippen molar-refractivity contribution in [2.24, 2.45) is 5.92 Å². The maximum Gasteiger partial charge on any atom is 0.407 e. The molecule has 0 heterocycles. The van der Waals surface area contributed by atoms with Crippen LogP contribution < -0.4 is 10.6 Å². The van der Waals surface area contributed by atoms with Gasteiger partial charge in [0.25, 0.3) is 0 Å². The molecule has 2 aromatic rings. The quantitative estimate of drug-likeness (QED) is 0.452. The van der Waals surface area contributed by atoms with Crippen LogP contribution in [0.4, 0.5) is 4.79 Å². The highest BCUT2D eigenvalue weighted by molar-refractivity contribution is 5.80. The van der Waals surface area contributed by atoms with Crippen molar-refractivity contribution in [1.29, 1.82) is 0 Å². The zero-order chi connectivity index (χ0) is 25.0. The van der Waals surface area contributed by atoms with Gasteiger partial charge in [-0.2, -0.15) is 0 Å². The summed E-state index contributed by atoms with van der Waals surface area (Å²) in [4.78, 5) is 36.4. The first-order valence-corrected chi connectivity index (χ1v) is 11.9. The number of aliphatic carboxylic acids is 1. The minimum absolute atomic E-state index is 0.0381. The highest BCUT2D eigenvalue weighted by Gasteiger charge is 2.44. The average molecular weight is 481 g/mol. The van der Waals surface area contributed by atoms with E-state index in [4.69, 9.17) is 14.6 Å². The molecule has 8 heteroatoms. The Morgan fingerprint density at radius 1 is 1.06 bits per heavy atom. The number of carbonyl (C=O) groups excluding carboxylic acids is 2. The molecule has 0 bridgehead atoms. The Bertz CT molecular complexity index is 1050. The molecular weight excluding hydrogens is 448 g/mol. The van der Waals surface area contributed by atoms with Crippen molar-refractivity contribution >= 4 is 18.0 Å². The fraction of sp³-hybridized carbons (Fsp3) is 0.444. The van der Waals surface area contributed by atoms with Crippen LogP contribution in [0.2, 0.25) is 0 Å². The number of carboxylic acid groups (broad SMARTS) is 1. The molecular formula is C27H32N2O6.